The van der Waals surface area contributed by atoms with E-state index in [1.165, 1.54) is 12.4 Å². The molecule has 0 saturated heterocycles. The van der Waals surface area contributed by atoms with Gasteiger partial charge in [-0.05, 0) is 30.3 Å². The van der Waals surface area contributed by atoms with Gasteiger partial charge in [-0.25, -0.2) is 4.98 Å². The van der Waals surface area contributed by atoms with Gasteiger partial charge in [0.05, 0.1) is 19.3 Å². The predicted octanol–water partition coefficient (Wildman–Crippen LogP) is 3.55. The SMILES string of the molecule is COc1ccc(OCc2ccccn2)c(CNCc2nccn2C(F)F)c1. The average Bonchev–Trinajstić information content (AvgIpc) is 3.16. The van der Waals surface area contributed by atoms with Crippen molar-refractivity contribution in [3.63, 3.8) is 0 Å². The molecule has 0 atom stereocenters. The molecule has 0 spiro atoms. The van der Waals surface area contributed by atoms with Crippen LogP contribution in [0.5, 0.6) is 11.5 Å². The van der Waals surface area contributed by atoms with Crippen LogP contribution in [0.25, 0.3) is 0 Å². The summed E-state index contributed by atoms with van der Waals surface area (Å²) in [6.45, 7) is -1.67. The molecular formula is C19H20F2N4O2. The minimum absolute atomic E-state index is 0.203. The van der Waals surface area contributed by atoms with Gasteiger partial charge in [0.2, 0.25) is 0 Å². The predicted molar refractivity (Wildman–Crippen MR) is 95.6 cm³/mol. The first-order valence-corrected chi connectivity index (χ1v) is 8.37. The number of pyridine rings is 1. The number of aromatic nitrogens is 3. The summed E-state index contributed by atoms with van der Waals surface area (Å²) in [6, 6.07) is 11.1. The summed E-state index contributed by atoms with van der Waals surface area (Å²) in [5.74, 6) is 1.63. The molecule has 0 radical (unpaired) electrons. The Balaban J connectivity index is 1.66. The van der Waals surface area contributed by atoms with Crippen LogP contribution in [0.4, 0.5) is 8.78 Å². The minimum Gasteiger partial charge on any atom is -0.497 e. The Morgan fingerprint density at radius 2 is 2.00 bits per heavy atom. The summed E-state index contributed by atoms with van der Waals surface area (Å²) in [7, 11) is 1.58. The first-order chi connectivity index (χ1) is 13.2. The molecular weight excluding hydrogens is 354 g/mol. The second-order valence-electron chi connectivity index (χ2n) is 5.72. The summed E-state index contributed by atoms with van der Waals surface area (Å²) in [5.41, 5.74) is 1.66. The van der Waals surface area contributed by atoms with E-state index in [9.17, 15) is 8.78 Å². The van der Waals surface area contributed by atoms with Crippen LogP contribution in [0, 0.1) is 0 Å². The monoisotopic (exact) mass is 374 g/mol. The van der Waals surface area contributed by atoms with Gasteiger partial charge >= 0.3 is 6.55 Å². The Kier molecular flexibility index (Phi) is 6.32. The van der Waals surface area contributed by atoms with Gasteiger partial charge in [0.1, 0.15) is 23.9 Å². The van der Waals surface area contributed by atoms with Gasteiger partial charge in [-0.3, -0.25) is 9.55 Å². The molecule has 0 amide bonds. The summed E-state index contributed by atoms with van der Waals surface area (Å²) < 4.78 is 37.7. The molecule has 0 bridgehead atoms. The van der Waals surface area contributed by atoms with Gasteiger partial charge in [0, 0.05) is 30.7 Å². The molecule has 0 fully saturated rings. The number of nitrogens with one attached hydrogen (secondary N) is 1. The van der Waals surface area contributed by atoms with E-state index >= 15 is 0 Å². The van der Waals surface area contributed by atoms with Gasteiger partial charge in [-0.15, -0.1) is 0 Å². The van der Waals surface area contributed by atoms with Crippen LogP contribution in [-0.2, 0) is 19.7 Å². The van der Waals surface area contributed by atoms with Crippen LogP contribution < -0.4 is 14.8 Å². The first-order valence-electron chi connectivity index (χ1n) is 8.37. The van der Waals surface area contributed by atoms with E-state index in [1.54, 1.807) is 19.4 Å². The Morgan fingerprint density at radius 1 is 1.11 bits per heavy atom. The Morgan fingerprint density at radius 3 is 2.74 bits per heavy atom. The van der Waals surface area contributed by atoms with Crippen LogP contribution in [-0.4, -0.2) is 21.6 Å². The smallest absolute Gasteiger partial charge is 0.319 e. The third-order valence-electron chi connectivity index (χ3n) is 3.93. The number of alkyl halides is 2. The second kappa shape index (κ2) is 9.09. The zero-order valence-electron chi connectivity index (χ0n) is 14.8. The zero-order valence-corrected chi connectivity index (χ0v) is 14.8. The lowest BCUT2D eigenvalue weighted by molar-refractivity contribution is 0.0666. The van der Waals surface area contributed by atoms with Crippen molar-refractivity contribution < 1.29 is 18.3 Å². The molecule has 0 aliphatic heterocycles. The van der Waals surface area contributed by atoms with Gasteiger partial charge in [0.25, 0.3) is 0 Å². The summed E-state index contributed by atoms with van der Waals surface area (Å²) in [4.78, 5) is 8.19. The molecule has 6 nitrogen and oxygen atoms in total. The zero-order chi connectivity index (χ0) is 19.1. The fourth-order valence-corrected chi connectivity index (χ4v) is 2.56. The number of imidazole rings is 1. The number of rotatable bonds is 9. The van der Waals surface area contributed by atoms with E-state index in [-0.39, 0.29) is 12.4 Å². The third kappa shape index (κ3) is 5.01. The minimum atomic E-state index is -2.61. The van der Waals surface area contributed by atoms with Gasteiger partial charge in [-0.1, -0.05) is 6.07 Å². The number of benzene rings is 1. The second-order valence-corrected chi connectivity index (χ2v) is 5.72. The Hall–Kier alpha value is -3.00. The van der Waals surface area contributed by atoms with Gasteiger partial charge in [0.15, 0.2) is 0 Å². The maximum absolute atomic E-state index is 12.9. The average molecular weight is 374 g/mol. The van der Waals surface area contributed by atoms with Crippen LogP contribution in [0.2, 0.25) is 0 Å². The molecule has 0 unspecified atom stereocenters. The lowest BCUT2D eigenvalue weighted by Gasteiger charge is -2.14. The number of hydrogen-bond acceptors (Lipinski definition) is 5. The quantitative estimate of drug-likeness (QED) is 0.621. The van der Waals surface area contributed by atoms with E-state index in [0.29, 0.717) is 24.7 Å². The molecule has 0 aliphatic carbocycles. The van der Waals surface area contributed by atoms with Crippen LogP contribution >= 0.6 is 0 Å². The molecule has 0 saturated carbocycles. The largest absolute Gasteiger partial charge is 0.497 e. The molecule has 2 aromatic heterocycles. The van der Waals surface area contributed by atoms with Crippen molar-refractivity contribution in [3.05, 3.63) is 72.1 Å². The fourth-order valence-electron chi connectivity index (χ4n) is 2.56. The number of halogens is 2. The summed E-state index contributed by atoms with van der Waals surface area (Å²) in [6.07, 6.45) is 4.32. The number of ether oxygens (including phenoxy) is 2. The molecule has 1 N–H and O–H groups in total. The standard InChI is InChI=1S/C19H20F2N4O2/c1-26-16-5-6-17(27-13-15-4-2-3-7-23-15)14(10-16)11-22-12-18-24-8-9-25(18)19(20)21/h2-10,19,22H,11-13H2,1H3. The Labute approximate surface area is 155 Å². The van der Waals surface area contributed by atoms with Gasteiger partial charge in [-0.2, -0.15) is 8.78 Å². The molecule has 0 aliphatic rings. The molecule has 2 heterocycles. The molecule has 8 heteroatoms. The van der Waals surface area contributed by atoms with Crippen LogP contribution in [0.3, 0.4) is 0 Å². The third-order valence-corrected chi connectivity index (χ3v) is 3.93. The molecule has 142 valence electrons. The highest BCUT2D eigenvalue weighted by atomic mass is 19.3. The number of methoxy groups -OCH3 is 1. The van der Waals surface area contributed by atoms with E-state index in [2.05, 4.69) is 15.3 Å². The molecule has 27 heavy (non-hydrogen) atoms. The first kappa shape index (κ1) is 18.8. The van der Waals surface area contributed by atoms with Crippen molar-refractivity contribution in [3.8, 4) is 11.5 Å². The highest BCUT2D eigenvalue weighted by Crippen LogP contribution is 2.25. The maximum atomic E-state index is 12.9. The lowest BCUT2D eigenvalue weighted by atomic mass is 10.2. The van der Waals surface area contributed by atoms with E-state index in [1.807, 2.05) is 30.3 Å². The van der Waals surface area contributed by atoms with E-state index in [0.717, 1.165) is 15.8 Å². The summed E-state index contributed by atoms with van der Waals surface area (Å²) >= 11 is 0. The molecule has 3 aromatic rings. The van der Waals surface area contributed by atoms with Gasteiger partial charge < -0.3 is 14.8 Å². The highest BCUT2D eigenvalue weighted by molar-refractivity contribution is 5.40. The molecule has 3 rings (SSSR count). The number of nitrogens with zero attached hydrogens (tertiary/aromatic N) is 3. The maximum Gasteiger partial charge on any atom is 0.319 e. The van der Waals surface area contributed by atoms with Crippen LogP contribution in [0.15, 0.2) is 55.0 Å². The fraction of sp³-hybridized carbons (Fsp3) is 0.263. The van der Waals surface area contributed by atoms with Crippen molar-refractivity contribution in [2.24, 2.45) is 0 Å². The van der Waals surface area contributed by atoms with Crippen molar-refractivity contribution in [1.29, 1.82) is 0 Å². The number of hydrogen-bond donors (Lipinski definition) is 1. The Bertz CT molecular complexity index is 856. The molecule has 1 aromatic carbocycles. The van der Waals surface area contributed by atoms with Crippen molar-refractivity contribution in [2.45, 2.75) is 26.2 Å². The summed E-state index contributed by atoms with van der Waals surface area (Å²) in [5, 5.41) is 3.12. The van der Waals surface area contributed by atoms with Crippen molar-refractivity contribution in [1.82, 2.24) is 19.9 Å². The van der Waals surface area contributed by atoms with Crippen molar-refractivity contribution in [2.75, 3.05) is 7.11 Å². The lowest BCUT2D eigenvalue weighted by Crippen LogP contribution is -2.17. The van der Waals surface area contributed by atoms with E-state index in [4.69, 9.17) is 9.47 Å². The van der Waals surface area contributed by atoms with Crippen LogP contribution in [0.1, 0.15) is 23.6 Å². The van der Waals surface area contributed by atoms with Crippen molar-refractivity contribution >= 4 is 0 Å². The van der Waals surface area contributed by atoms with E-state index < -0.39 is 6.55 Å². The topological polar surface area (TPSA) is 61.2 Å². The normalized spacial score (nSPS) is 11.0. The highest BCUT2D eigenvalue weighted by Gasteiger charge is 2.12.